The van der Waals surface area contributed by atoms with E-state index in [1.807, 2.05) is 51.4 Å². The molecule has 1 atom stereocenters. The van der Waals surface area contributed by atoms with Gasteiger partial charge in [0.15, 0.2) is 0 Å². The smallest absolute Gasteiger partial charge is 0.119 e. The van der Waals surface area contributed by atoms with E-state index in [2.05, 4.69) is 28.5 Å². The van der Waals surface area contributed by atoms with Gasteiger partial charge in [-0.1, -0.05) is 18.2 Å². The summed E-state index contributed by atoms with van der Waals surface area (Å²) >= 11 is 0. The Bertz CT molecular complexity index is 523. The predicted molar refractivity (Wildman–Crippen MR) is 86.6 cm³/mol. The third kappa shape index (κ3) is 4.87. The Morgan fingerprint density at radius 2 is 1.86 bits per heavy atom. The third-order valence-corrected chi connectivity index (χ3v) is 3.42. The van der Waals surface area contributed by atoms with E-state index in [0.29, 0.717) is 6.04 Å². The van der Waals surface area contributed by atoms with Gasteiger partial charge in [0, 0.05) is 17.9 Å². The first-order valence-corrected chi connectivity index (χ1v) is 7.53. The summed E-state index contributed by atoms with van der Waals surface area (Å²) in [4.78, 5) is 4.38. The molecule has 2 aromatic rings. The monoisotopic (exact) mass is 284 g/mol. The summed E-state index contributed by atoms with van der Waals surface area (Å²) in [5, 5.41) is 3.38. The number of ether oxygens (including phenoxy) is 1. The molecule has 0 spiro atoms. The Morgan fingerprint density at radius 3 is 2.43 bits per heavy atom. The minimum atomic E-state index is 0.208. The van der Waals surface area contributed by atoms with E-state index in [1.54, 1.807) is 0 Å². The molecule has 0 fully saturated rings. The molecule has 1 N–H and O–H groups in total. The molecule has 1 unspecified atom stereocenters. The Balaban J connectivity index is 1.97. The van der Waals surface area contributed by atoms with Gasteiger partial charge in [0.2, 0.25) is 0 Å². The zero-order valence-electron chi connectivity index (χ0n) is 13.0. The van der Waals surface area contributed by atoms with Crippen LogP contribution < -0.4 is 10.1 Å². The average Bonchev–Trinajstić information content (AvgIpc) is 2.50. The molecule has 3 heteroatoms. The minimum Gasteiger partial charge on any atom is -0.491 e. The van der Waals surface area contributed by atoms with E-state index in [4.69, 9.17) is 4.74 Å². The van der Waals surface area contributed by atoms with Crippen LogP contribution in [0.15, 0.2) is 48.7 Å². The quantitative estimate of drug-likeness (QED) is 0.840. The first-order valence-electron chi connectivity index (χ1n) is 7.53. The van der Waals surface area contributed by atoms with Crippen LogP contribution >= 0.6 is 0 Å². The highest BCUT2D eigenvalue weighted by molar-refractivity contribution is 5.29. The van der Waals surface area contributed by atoms with Crippen molar-refractivity contribution < 1.29 is 4.74 Å². The van der Waals surface area contributed by atoms with Crippen LogP contribution in [0.4, 0.5) is 0 Å². The molecule has 0 radical (unpaired) electrons. The van der Waals surface area contributed by atoms with Crippen molar-refractivity contribution in [3.05, 3.63) is 59.9 Å². The second-order valence-electron chi connectivity index (χ2n) is 5.44. The fourth-order valence-corrected chi connectivity index (χ4v) is 2.37. The van der Waals surface area contributed by atoms with Gasteiger partial charge in [-0.25, -0.2) is 0 Å². The second-order valence-corrected chi connectivity index (χ2v) is 5.44. The van der Waals surface area contributed by atoms with Gasteiger partial charge in [0.1, 0.15) is 5.75 Å². The third-order valence-electron chi connectivity index (χ3n) is 3.42. The van der Waals surface area contributed by atoms with Crippen molar-refractivity contribution in [2.45, 2.75) is 38.8 Å². The van der Waals surface area contributed by atoms with Crippen LogP contribution in [-0.4, -0.2) is 18.1 Å². The maximum Gasteiger partial charge on any atom is 0.119 e. The SMILES string of the molecule is CNC(CCc1ccccn1)c1ccc(OC(C)C)cc1. The molecule has 21 heavy (non-hydrogen) atoms. The van der Waals surface area contributed by atoms with Crippen LogP contribution in [0, 0.1) is 0 Å². The molecule has 0 saturated heterocycles. The van der Waals surface area contributed by atoms with Crippen LogP contribution in [0.5, 0.6) is 5.75 Å². The molecule has 2 rings (SSSR count). The number of rotatable bonds is 7. The van der Waals surface area contributed by atoms with E-state index < -0.39 is 0 Å². The van der Waals surface area contributed by atoms with Crippen LogP contribution in [0.3, 0.4) is 0 Å². The fraction of sp³-hybridized carbons (Fsp3) is 0.389. The zero-order chi connectivity index (χ0) is 15.1. The first-order chi connectivity index (χ1) is 10.2. The highest BCUT2D eigenvalue weighted by Crippen LogP contribution is 2.22. The van der Waals surface area contributed by atoms with E-state index in [-0.39, 0.29) is 6.10 Å². The summed E-state index contributed by atoms with van der Waals surface area (Å²) in [7, 11) is 2.00. The Labute approximate surface area is 127 Å². The normalized spacial score (nSPS) is 12.4. The summed E-state index contributed by atoms with van der Waals surface area (Å²) in [6.07, 6.45) is 4.05. The number of pyridine rings is 1. The molecular formula is C18H24N2O. The lowest BCUT2D eigenvalue weighted by atomic mass is 10.0. The van der Waals surface area contributed by atoms with Crippen molar-refractivity contribution >= 4 is 0 Å². The number of benzene rings is 1. The van der Waals surface area contributed by atoms with E-state index in [1.165, 1.54) is 5.56 Å². The minimum absolute atomic E-state index is 0.208. The highest BCUT2D eigenvalue weighted by atomic mass is 16.5. The summed E-state index contributed by atoms with van der Waals surface area (Å²) in [6.45, 7) is 4.08. The van der Waals surface area contributed by atoms with Crippen molar-refractivity contribution in [2.24, 2.45) is 0 Å². The molecule has 0 bridgehead atoms. The molecular weight excluding hydrogens is 260 g/mol. The van der Waals surface area contributed by atoms with Crippen LogP contribution in [0.1, 0.15) is 37.6 Å². The zero-order valence-corrected chi connectivity index (χ0v) is 13.0. The Morgan fingerprint density at radius 1 is 1.10 bits per heavy atom. The van der Waals surface area contributed by atoms with Crippen molar-refractivity contribution in [3.63, 3.8) is 0 Å². The molecule has 3 nitrogen and oxygen atoms in total. The summed E-state index contributed by atoms with van der Waals surface area (Å²) in [5.74, 6) is 0.924. The summed E-state index contributed by atoms with van der Waals surface area (Å²) in [6, 6.07) is 14.8. The molecule has 112 valence electrons. The van der Waals surface area contributed by atoms with Crippen LogP contribution in [0.2, 0.25) is 0 Å². The van der Waals surface area contributed by atoms with Crippen molar-refractivity contribution in [1.29, 1.82) is 0 Å². The standard InChI is InChI=1S/C18H24N2O/c1-14(2)21-17-10-7-15(8-11-17)18(19-3)12-9-16-6-4-5-13-20-16/h4-8,10-11,13-14,18-19H,9,12H2,1-3H3. The lowest BCUT2D eigenvalue weighted by Gasteiger charge is -2.17. The number of nitrogens with one attached hydrogen (secondary N) is 1. The fourth-order valence-electron chi connectivity index (χ4n) is 2.37. The highest BCUT2D eigenvalue weighted by Gasteiger charge is 2.10. The van der Waals surface area contributed by atoms with Gasteiger partial charge >= 0.3 is 0 Å². The van der Waals surface area contributed by atoms with Gasteiger partial charge in [-0.15, -0.1) is 0 Å². The lowest BCUT2D eigenvalue weighted by molar-refractivity contribution is 0.242. The molecule has 0 amide bonds. The molecule has 1 heterocycles. The van der Waals surface area contributed by atoms with Gasteiger partial charge in [-0.3, -0.25) is 4.98 Å². The average molecular weight is 284 g/mol. The number of aromatic nitrogens is 1. The van der Waals surface area contributed by atoms with Gasteiger partial charge in [-0.2, -0.15) is 0 Å². The summed E-state index contributed by atoms with van der Waals surface area (Å²) in [5.41, 5.74) is 2.42. The van der Waals surface area contributed by atoms with Gasteiger partial charge in [0.25, 0.3) is 0 Å². The number of aryl methyl sites for hydroxylation is 1. The van der Waals surface area contributed by atoms with E-state index in [9.17, 15) is 0 Å². The molecule has 0 aliphatic heterocycles. The molecule has 1 aromatic carbocycles. The second kappa shape index (κ2) is 7.79. The van der Waals surface area contributed by atoms with Gasteiger partial charge in [-0.05, 0) is 63.6 Å². The molecule has 1 aromatic heterocycles. The largest absolute Gasteiger partial charge is 0.491 e. The topological polar surface area (TPSA) is 34.2 Å². The van der Waals surface area contributed by atoms with Crippen molar-refractivity contribution in [2.75, 3.05) is 7.05 Å². The predicted octanol–water partition coefficient (Wildman–Crippen LogP) is 3.76. The summed E-state index contributed by atoms with van der Waals surface area (Å²) < 4.78 is 5.68. The number of hydrogen-bond donors (Lipinski definition) is 1. The first kappa shape index (κ1) is 15.5. The Kier molecular flexibility index (Phi) is 5.76. The lowest BCUT2D eigenvalue weighted by Crippen LogP contribution is -2.17. The van der Waals surface area contributed by atoms with E-state index in [0.717, 1.165) is 24.3 Å². The Hall–Kier alpha value is -1.87. The maximum absolute atomic E-state index is 5.68. The maximum atomic E-state index is 5.68. The van der Waals surface area contributed by atoms with Gasteiger partial charge < -0.3 is 10.1 Å². The molecule has 0 aliphatic rings. The van der Waals surface area contributed by atoms with E-state index >= 15 is 0 Å². The number of nitrogens with zero attached hydrogens (tertiary/aromatic N) is 1. The van der Waals surface area contributed by atoms with Crippen molar-refractivity contribution in [1.82, 2.24) is 10.3 Å². The van der Waals surface area contributed by atoms with Gasteiger partial charge in [0.05, 0.1) is 6.10 Å². The van der Waals surface area contributed by atoms with Crippen LogP contribution in [-0.2, 0) is 6.42 Å². The van der Waals surface area contributed by atoms with Crippen molar-refractivity contribution in [3.8, 4) is 5.75 Å². The van der Waals surface area contributed by atoms with Crippen LogP contribution in [0.25, 0.3) is 0 Å². The molecule has 0 saturated carbocycles. The molecule has 0 aliphatic carbocycles. The number of hydrogen-bond acceptors (Lipinski definition) is 3.